The molecular weight excluding hydrogens is 417 g/mol. The molecule has 0 spiro atoms. The van der Waals surface area contributed by atoms with Crippen LogP contribution in [0.25, 0.3) is 0 Å². The number of piperazine rings is 1. The summed E-state index contributed by atoms with van der Waals surface area (Å²) in [7, 11) is 0. The Labute approximate surface area is 178 Å². The fourth-order valence-electron chi connectivity index (χ4n) is 3.35. The number of aromatic nitrogens is 1. The van der Waals surface area contributed by atoms with E-state index in [4.69, 9.17) is 11.6 Å². The Morgan fingerprint density at radius 3 is 2.40 bits per heavy atom. The van der Waals surface area contributed by atoms with Crippen molar-refractivity contribution in [1.82, 2.24) is 15.2 Å². The number of carbonyl (C=O) groups excluding carboxylic acids is 1. The summed E-state index contributed by atoms with van der Waals surface area (Å²) in [5.74, 6) is 0.274. The summed E-state index contributed by atoms with van der Waals surface area (Å²) in [4.78, 5) is 20.3. The molecule has 1 aromatic heterocycles. The van der Waals surface area contributed by atoms with E-state index in [-0.39, 0.29) is 17.0 Å². The van der Waals surface area contributed by atoms with Crippen molar-refractivity contribution in [1.29, 1.82) is 0 Å². The first-order valence-corrected chi connectivity index (χ1v) is 10.1. The number of benzene rings is 1. The number of hydrogen-bond acceptors (Lipinski definition) is 4. The van der Waals surface area contributed by atoms with E-state index in [0.717, 1.165) is 17.8 Å². The first kappa shape index (κ1) is 22.4. The van der Waals surface area contributed by atoms with Gasteiger partial charge in [0.15, 0.2) is 0 Å². The summed E-state index contributed by atoms with van der Waals surface area (Å²) in [5, 5.41) is 2.93. The van der Waals surface area contributed by atoms with Crippen molar-refractivity contribution in [3.63, 3.8) is 0 Å². The quantitative estimate of drug-likeness (QED) is 0.766. The second-order valence-electron chi connectivity index (χ2n) is 7.43. The maximum absolute atomic E-state index is 12.8. The van der Waals surface area contributed by atoms with Gasteiger partial charge in [0, 0.05) is 38.9 Å². The molecule has 2 aromatic rings. The van der Waals surface area contributed by atoms with Gasteiger partial charge in [-0.1, -0.05) is 41.4 Å². The maximum atomic E-state index is 12.8. The highest BCUT2D eigenvalue weighted by atomic mass is 35.5. The minimum Gasteiger partial charge on any atom is -0.353 e. The lowest BCUT2D eigenvalue weighted by molar-refractivity contribution is -0.137. The van der Waals surface area contributed by atoms with Crippen molar-refractivity contribution in [2.75, 3.05) is 31.1 Å². The fourth-order valence-corrected chi connectivity index (χ4v) is 3.63. The minimum absolute atomic E-state index is 0.0258. The topological polar surface area (TPSA) is 48.5 Å². The molecule has 1 fully saturated rings. The van der Waals surface area contributed by atoms with Crippen molar-refractivity contribution in [3.8, 4) is 0 Å². The minimum atomic E-state index is -4.48. The zero-order valence-corrected chi connectivity index (χ0v) is 17.6. The van der Waals surface area contributed by atoms with Gasteiger partial charge < -0.3 is 10.2 Å². The van der Waals surface area contributed by atoms with Gasteiger partial charge in [-0.2, -0.15) is 13.2 Å². The summed E-state index contributed by atoms with van der Waals surface area (Å²) in [5.41, 5.74) is 1.33. The highest BCUT2D eigenvalue weighted by molar-refractivity contribution is 6.33. The van der Waals surface area contributed by atoms with Crippen molar-refractivity contribution in [3.05, 3.63) is 58.2 Å². The van der Waals surface area contributed by atoms with Crippen LogP contribution in [0.2, 0.25) is 5.02 Å². The zero-order chi connectivity index (χ0) is 21.9. The third-order valence-electron chi connectivity index (χ3n) is 5.28. The molecule has 1 N–H and O–H groups in total. The smallest absolute Gasteiger partial charge is 0.353 e. The van der Waals surface area contributed by atoms with Crippen molar-refractivity contribution in [2.24, 2.45) is 0 Å². The van der Waals surface area contributed by atoms with Crippen LogP contribution in [0.4, 0.5) is 19.0 Å². The lowest BCUT2D eigenvalue weighted by Gasteiger charge is -2.38. The van der Waals surface area contributed by atoms with Gasteiger partial charge in [0.05, 0.1) is 16.6 Å². The molecule has 162 valence electrons. The Hall–Kier alpha value is -2.32. The third-order valence-corrected chi connectivity index (χ3v) is 5.56. The number of nitrogens with zero attached hydrogens (tertiary/aromatic N) is 3. The molecule has 0 aliphatic carbocycles. The van der Waals surface area contributed by atoms with Gasteiger partial charge in [-0.25, -0.2) is 4.98 Å². The fraction of sp³-hybridized carbons (Fsp3) is 0.429. The normalized spacial score (nSPS) is 16.4. The Morgan fingerprint density at radius 1 is 1.20 bits per heavy atom. The van der Waals surface area contributed by atoms with Crippen LogP contribution in [0, 0.1) is 6.92 Å². The van der Waals surface area contributed by atoms with E-state index in [1.807, 2.05) is 47.9 Å². The molecule has 9 heteroatoms. The van der Waals surface area contributed by atoms with Crippen LogP contribution in [-0.4, -0.2) is 48.0 Å². The SMILES string of the molecule is Cc1ccc(CNC(=O)C(C)N2CCN(c3ncc(C(F)(F)F)cc3Cl)CC2)cc1. The van der Waals surface area contributed by atoms with Gasteiger partial charge in [0.2, 0.25) is 5.91 Å². The molecule has 0 saturated carbocycles. The number of nitrogens with one attached hydrogen (secondary N) is 1. The predicted molar refractivity (Wildman–Crippen MR) is 111 cm³/mol. The molecule has 1 aliphatic heterocycles. The Bertz CT molecular complexity index is 881. The molecule has 30 heavy (non-hydrogen) atoms. The van der Waals surface area contributed by atoms with E-state index >= 15 is 0 Å². The van der Waals surface area contributed by atoms with Crippen molar-refractivity contribution < 1.29 is 18.0 Å². The average Bonchev–Trinajstić information content (AvgIpc) is 2.72. The van der Waals surface area contributed by atoms with E-state index in [1.54, 1.807) is 0 Å². The lowest BCUT2D eigenvalue weighted by atomic mass is 10.1. The van der Waals surface area contributed by atoms with Crippen LogP contribution in [0.15, 0.2) is 36.5 Å². The van der Waals surface area contributed by atoms with E-state index in [0.29, 0.717) is 38.5 Å². The number of anilines is 1. The molecule has 1 saturated heterocycles. The van der Waals surface area contributed by atoms with Gasteiger partial charge >= 0.3 is 6.18 Å². The first-order chi connectivity index (χ1) is 14.1. The molecule has 0 radical (unpaired) electrons. The second-order valence-corrected chi connectivity index (χ2v) is 7.84. The predicted octanol–water partition coefficient (Wildman–Crippen LogP) is 3.89. The van der Waals surface area contributed by atoms with Gasteiger partial charge in [-0.05, 0) is 25.5 Å². The van der Waals surface area contributed by atoms with Crippen molar-refractivity contribution in [2.45, 2.75) is 32.6 Å². The summed E-state index contributed by atoms with van der Waals surface area (Å²) < 4.78 is 38.4. The highest BCUT2D eigenvalue weighted by Gasteiger charge is 2.33. The number of carbonyl (C=O) groups is 1. The summed E-state index contributed by atoms with van der Waals surface area (Å²) in [6.45, 7) is 6.53. The number of amides is 1. The Kier molecular flexibility index (Phi) is 6.88. The maximum Gasteiger partial charge on any atom is 0.417 e. The summed E-state index contributed by atoms with van der Waals surface area (Å²) >= 11 is 6.05. The molecular formula is C21H24ClF3N4O. The first-order valence-electron chi connectivity index (χ1n) is 9.70. The van der Waals surface area contributed by atoms with Crippen LogP contribution in [0.5, 0.6) is 0 Å². The summed E-state index contributed by atoms with van der Waals surface area (Å²) in [6.07, 6.45) is -3.68. The molecule has 3 rings (SSSR count). The van der Waals surface area contributed by atoms with Crippen LogP contribution < -0.4 is 10.2 Å². The van der Waals surface area contributed by atoms with Crippen LogP contribution in [-0.2, 0) is 17.5 Å². The van der Waals surface area contributed by atoms with Crippen LogP contribution >= 0.6 is 11.6 Å². The van der Waals surface area contributed by atoms with E-state index < -0.39 is 11.7 Å². The largest absolute Gasteiger partial charge is 0.417 e. The Balaban J connectivity index is 1.53. The molecule has 1 atom stereocenters. The van der Waals surface area contributed by atoms with Gasteiger partial charge in [0.1, 0.15) is 5.82 Å². The molecule has 0 bridgehead atoms. The number of alkyl halides is 3. The van der Waals surface area contributed by atoms with Crippen LogP contribution in [0.1, 0.15) is 23.6 Å². The van der Waals surface area contributed by atoms with E-state index in [1.165, 1.54) is 5.56 Å². The molecule has 1 aromatic carbocycles. The van der Waals surface area contributed by atoms with E-state index in [9.17, 15) is 18.0 Å². The van der Waals surface area contributed by atoms with E-state index in [2.05, 4.69) is 10.3 Å². The molecule has 1 amide bonds. The van der Waals surface area contributed by atoms with Gasteiger partial charge in [-0.15, -0.1) is 0 Å². The average molecular weight is 441 g/mol. The number of hydrogen-bond donors (Lipinski definition) is 1. The molecule has 1 unspecified atom stereocenters. The number of aryl methyl sites for hydroxylation is 1. The molecule has 1 aliphatic rings. The standard InChI is InChI=1S/C21H24ClF3N4O/c1-14-3-5-16(6-4-14)12-27-20(30)15(2)28-7-9-29(10-8-28)19-18(22)11-17(13-26-19)21(23,24)25/h3-6,11,13,15H,7-10,12H2,1-2H3,(H,27,30). The molecule has 5 nitrogen and oxygen atoms in total. The summed E-state index contributed by atoms with van der Waals surface area (Å²) in [6, 6.07) is 8.57. The van der Waals surface area contributed by atoms with Crippen LogP contribution in [0.3, 0.4) is 0 Å². The number of rotatable bonds is 5. The number of pyridine rings is 1. The monoisotopic (exact) mass is 440 g/mol. The Morgan fingerprint density at radius 2 is 1.83 bits per heavy atom. The number of halogens is 4. The second kappa shape index (κ2) is 9.22. The van der Waals surface area contributed by atoms with Gasteiger partial charge in [0.25, 0.3) is 0 Å². The van der Waals surface area contributed by atoms with Crippen molar-refractivity contribution >= 4 is 23.3 Å². The lowest BCUT2D eigenvalue weighted by Crippen LogP contribution is -2.54. The highest BCUT2D eigenvalue weighted by Crippen LogP contribution is 2.33. The zero-order valence-electron chi connectivity index (χ0n) is 16.8. The van der Waals surface area contributed by atoms with Gasteiger partial charge in [-0.3, -0.25) is 9.69 Å². The third kappa shape index (κ3) is 5.43. The molecule has 2 heterocycles.